The summed E-state index contributed by atoms with van der Waals surface area (Å²) in [6.07, 6.45) is 1.40. The fraction of sp³-hybridized carbons (Fsp3) is 0.364. The van der Waals surface area contributed by atoms with E-state index < -0.39 is 0 Å². The van der Waals surface area contributed by atoms with Crippen LogP contribution in [-0.2, 0) is 11.2 Å². The van der Waals surface area contributed by atoms with Crippen molar-refractivity contribution in [2.45, 2.75) is 18.9 Å². The second-order valence-electron chi connectivity index (χ2n) is 3.53. The second kappa shape index (κ2) is 4.11. The van der Waals surface area contributed by atoms with Gasteiger partial charge in [-0.15, -0.1) is 0 Å². The third-order valence-corrected chi connectivity index (χ3v) is 2.90. The van der Waals surface area contributed by atoms with Gasteiger partial charge in [-0.05, 0) is 24.6 Å². The minimum Gasteiger partial charge on any atom is -0.307 e. The minimum atomic E-state index is 0.0614. The number of rotatable bonds is 3. The summed E-state index contributed by atoms with van der Waals surface area (Å²) in [4.78, 5) is 11.6. The van der Waals surface area contributed by atoms with Crippen molar-refractivity contribution in [2.75, 3.05) is 6.54 Å². The number of Topliss-reactive ketones (excluding diaryl/α,β-unsaturated/α-hetero) is 1. The topological polar surface area (TPSA) is 29.1 Å². The Morgan fingerprint density at radius 1 is 1.50 bits per heavy atom. The van der Waals surface area contributed by atoms with E-state index in [0.29, 0.717) is 11.4 Å². The van der Waals surface area contributed by atoms with E-state index in [1.54, 1.807) is 0 Å². The Hall–Kier alpha value is -0.860. The summed E-state index contributed by atoms with van der Waals surface area (Å²) >= 11 is 5.96. The van der Waals surface area contributed by atoms with Crippen LogP contribution in [0.5, 0.6) is 0 Å². The molecular weight excluding hydrogens is 198 g/mol. The number of hydrogen-bond donors (Lipinski definition) is 1. The number of benzene rings is 1. The van der Waals surface area contributed by atoms with Gasteiger partial charge < -0.3 is 5.32 Å². The van der Waals surface area contributed by atoms with Crippen LogP contribution >= 0.6 is 11.6 Å². The first kappa shape index (κ1) is 9.69. The van der Waals surface area contributed by atoms with Gasteiger partial charge in [-0.3, -0.25) is 4.79 Å². The van der Waals surface area contributed by atoms with Gasteiger partial charge in [-0.25, -0.2) is 0 Å². The maximum Gasteiger partial charge on any atom is 0.154 e. The summed E-state index contributed by atoms with van der Waals surface area (Å²) in [6.45, 7) is 0.957. The molecule has 1 saturated heterocycles. The van der Waals surface area contributed by atoms with E-state index in [9.17, 15) is 4.79 Å². The number of hydrogen-bond acceptors (Lipinski definition) is 2. The molecule has 1 heterocycles. The highest BCUT2D eigenvalue weighted by molar-refractivity contribution is 6.31. The minimum absolute atomic E-state index is 0.0614. The molecule has 0 amide bonds. The molecule has 2 rings (SSSR count). The Morgan fingerprint density at radius 3 is 2.79 bits per heavy atom. The molecule has 0 radical (unpaired) electrons. The molecule has 0 aliphatic carbocycles. The standard InChI is InChI=1S/C11H12ClNO/c12-9-4-2-1-3-8(9)7-11(14)10-5-6-13-10/h1-4,10,13H,5-7H2. The summed E-state index contributed by atoms with van der Waals surface area (Å²) in [7, 11) is 0. The van der Waals surface area contributed by atoms with E-state index >= 15 is 0 Å². The molecule has 1 fully saturated rings. The highest BCUT2D eigenvalue weighted by Gasteiger charge is 2.24. The highest BCUT2D eigenvalue weighted by Crippen LogP contribution is 2.17. The predicted molar refractivity (Wildman–Crippen MR) is 56.6 cm³/mol. The maximum atomic E-state index is 11.6. The Kier molecular flexibility index (Phi) is 2.85. The van der Waals surface area contributed by atoms with Crippen LogP contribution in [0.1, 0.15) is 12.0 Å². The van der Waals surface area contributed by atoms with Crippen LogP contribution in [-0.4, -0.2) is 18.4 Å². The largest absolute Gasteiger partial charge is 0.307 e. The molecule has 1 aliphatic rings. The van der Waals surface area contributed by atoms with Crippen molar-refractivity contribution < 1.29 is 4.79 Å². The molecule has 0 spiro atoms. The Morgan fingerprint density at radius 2 is 2.21 bits per heavy atom. The monoisotopic (exact) mass is 209 g/mol. The second-order valence-corrected chi connectivity index (χ2v) is 3.94. The van der Waals surface area contributed by atoms with Crippen molar-refractivity contribution in [1.29, 1.82) is 0 Å². The van der Waals surface area contributed by atoms with Crippen molar-refractivity contribution in [1.82, 2.24) is 5.32 Å². The van der Waals surface area contributed by atoms with E-state index in [0.717, 1.165) is 18.5 Å². The lowest BCUT2D eigenvalue weighted by atomic mass is 9.97. The van der Waals surface area contributed by atoms with E-state index in [-0.39, 0.29) is 11.8 Å². The summed E-state index contributed by atoms with van der Waals surface area (Å²) in [5.41, 5.74) is 0.924. The van der Waals surface area contributed by atoms with E-state index in [1.165, 1.54) is 0 Å². The van der Waals surface area contributed by atoms with Gasteiger partial charge in [0.05, 0.1) is 6.04 Å². The first-order valence-electron chi connectivity index (χ1n) is 4.77. The number of nitrogens with one attached hydrogen (secondary N) is 1. The smallest absolute Gasteiger partial charge is 0.154 e. The molecule has 0 aromatic heterocycles. The van der Waals surface area contributed by atoms with Gasteiger partial charge >= 0.3 is 0 Å². The summed E-state index contributed by atoms with van der Waals surface area (Å²) in [5, 5.41) is 3.77. The Balaban J connectivity index is 2.03. The molecule has 1 aromatic rings. The maximum absolute atomic E-state index is 11.6. The van der Waals surface area contributed by atoms with Gasteiger partial charge in [0, 0.05) is 11.4 Å². The molecule has 1 atom stereocenters. The molecule has 74 valence electrons. The number of ketones is 1. The first-order chi connectivity index (χ1) is 6.77. The highest BCUT2D eigenvalue weighted by atomic mass is 35.5. The SMILES string of the molecule is O=C(Cc1ccccc1Cl)C1CCN1. The predicted octanol–water partition coefficient (Wildman–Crippen LogP) is 1.81. The molecule has 1 aliphatic heterocycles. The van der Waals surface area contributed by atoms with Crippen molar-refractivity contribution in [3.8, 4) is 0 Å². The average molecular weight is 210 g/mol. The zero-order valence-electron chi connectivity index (χ0n) is 7.79. The molecule has 0 saturated carbocycles. The normalized spacial score (nSPS) is 20.2. The molecule has 1 unspecified atom stereocenters. The van der Waals surface area contributed by atoms with Gasteiger partial charge in [-0.2, -0.15) is 0 Å². The average Bonchev–Trinajstić information content (AvgIpc) is 2.05. The molecule has 1 N–H and O–H groups in total. The van der Waals surface area contributed by atoms with Crippen LogP contribution in [0, 0.1) is 0 Å². The van der Waals surface area contributed by atoms with Gasteiger partial charge in [-0.1, -0.05) is 29.8 Å². The fourth-order valence-corrected chi connectivity index (χ4v) is 1.72. The first-order valence-corrected chi connectivity index (χ1v) is 5.14. The van der Waals surface area contributed by atoms with Gasteiger partial charge in [0.1, 0.15) is 0 Å². The Bertz CT molecular complexity index is 347. The van der Waals surface area contributed by atoms with Crippen LogP contribution in [0.3, 0.4) is 0 Å². The summed E-state index contributed by atoms with van der Waals surface area (Å²) < 4.78 is 0. The lowest BCUT2D eigenvalue weighted by molar-refractivity contribution is -0.121. The molecule has 2 nitrogen and oxygen atoms in total. The van der Waals surface area contributed by atoms with Crippen LogP contribution in [0.4, 0.5) is 0 Å². The van der Waals surface area contributed by atoms with Crippen LogP contribution in [0.25, 0.3) is 0 Å². The van der Waals surface area contributed by atoms with Crippen LogP contribution in [0.15, 0.2) is 24.3 Å². The van der Waals surface area contributed by atoms with Gasteiger partial charge in [0.2, 0.25) is 0 Å². The van der Waals surface area contributed by atoms with E-state index in [2.05, 4.69) is 5.32 Å². The van der Waals surface area contributed by atoms with Crippen molar-refractivity contribution in [2.24, 2.45) is 0 Å². The van der Waals surface area contributed by atoms with E-state index in [1.807, 2.05) is 24.3 Å². The zero-order valence-corrected chi connectivity index (χ0v) is 8.55. The fourth-order valence-electron chi connectivity index (χ4n) is 1.52. The third-order valence-electron chi connectivity index (χ3n) is 2.53. The zero-order chi connectivity index (χ0) is 9.97. The molecule has 3 heteroatoms. The number of carbonyl (C=O) groups excluding carboxylic acids is 1. The number of halogens is 1. The molecular formula is C11H12ClNO. The third kappa shape index (κ3) is 1.97. The van der Waals surface area contributed by atoms with Crippen molar-refractivity contribution in [3.63, 3.8) is 0 Å². The van der Waals surface area contributed by atoms with Crippen molar-refractivity contribution in [3.05, 3.63) is 34.9 Å². The van der Waals surface area contributed by atoms with Crippen LogP contribution < -0.4 is 5.32 Å². The molecule has 14 heavy (non-hydrogen) atoms. The Labute approximate surface area is 88.3 Å². The summed E-state index contributed by atoms with van der Waals surface area (Å²) in [6, 6.07) is 7.56. The van der Waals surface area contributed by atoms with Crippen molar-refractivity contribution >= 4 is 17.4 Å². The van der Waals surface area contributed by atoms with Gasteiger partial charge in [0.25, 0.3) is 0 Å². The van der Waals surface area contributed by atoms with E-state index in [4.69, 9.17) is 11.6 Å². The van der Waals surface area contributed by atoms with Gasteiger partial charge in [0.15, 0.2) is 5.78 Å². The lowest BCUT2D eigenvalue weighted by Gasteiger charge is -2.26. The lowest BCUT2D eigenvalue weighted by Crippen LogP contribution is -2.49. The molecule has 0 bridgehead atoms. The van der Waals surface area contributed by atoms with Crippen LogP contribution in [0.2, 0.25) is 5.02 Å². The molecule has 1 aromatic carbocycles. The number of carbonyl (C=O) groups is 1. The summed E-state index contributed by atoms with van der Waals surface area (Å²) in [5.74, 6) is 0.240. The quantitative estimate of drug-likeness (QED) is 0.823.